The maximum atomic E-state index is 12.1. The van der Waals surface area contributed by atoms with Gasteiger partial charge in [0.25, 0.3) is 5.91 Å². The summed E-state index contributed by atoms with van der Waals surface area (Å²) in [6.45, 7) is 3.77. The quantitative estimate of drug-likeness (QED) is 0.421. The highest BCUT2D eigenvalue weighted by molar-refractivity contribution is 6.10. The number of benzene rings is 2. The number of para-hydroxylation sites is 1. The molecule has 1 unspecified atom stereocenters. The molecule has 0 fully saturated rings. The van der Waals surface area contributed by atoms with E-state index in [1.807, 2.05) is 56.4 Å². The second-order valence-corrected chi connectivity index (χ2v) is 7.38. The predicted molar refractivity (Wildman–Crippen MR) is 111 cm³/mol. The molecule has 0 aliphatic carbocycles. The molecule has 29 heavy (non-hydrogen) atoms. The molecule has 1 aliphatic heterocycles. The van der Waals surface area contributed by atoms with Crippen molar-refractivity contribution in [3.05, 3.63) is 70.5 Å². The summed E-state index contributed by atoms with van der Waals surface area (Å²) in [5.41, 5.74) is 12.3. The highest BCUT2D eigenvalue weighted by atomic mass is 16.3. The zero-order valence-electron chi connectivity index (χ0n) is 15.9. The molecule has 1 amide bonds. The molecule has 0 radical (unpaired) electrons. The average molecular weight is 385 g/mol. The molecule has 7 nitrogen and oxygen atoms in total. The summed E-state index contributed by atoms with van der Waals surface area (Å²) in [7, 11) is 0. The molecule has 0 saturated carbocycles. The van der Waals surface area contributed by atoms with E-state index in [9.17, 15) is 9.90 Å². The van der Waals surface area contributed by atoms with Gasteiger partial charge in [0, 0.05) is 34.0 Å². The van der Waals surface area contributed by atoms with Crippen LogP contribution in [0.15, 0.2) is 42.6 Å². The normalized spacial score (nSPS) is 14.9. The van der Waals surface area contributed by atoms with Gasteiger partial charge in [-0.25, -0.2) is 0 Å². The molecule has 4 aromatic rings. The molecule has 7 heteroatoms. The highest BCUT2D eigenvalue weighted by Crippen LogP contribution is 2.45. The number of phenols is 1. The van der Waals surface area contributed by atoms with Crippen LogP contribution in [0, 0.1) is 13.8 Å². The third-order valence-corrected chi connectivity index (χ3v) is 5.51. The molecule has 1 atom stereocenters. The number of anilines is 1. The number of hydrogen-bond acceptors (Lipinski definition) is 5. The van der Waals surface area contributed by atoms with Crippen molar-refractivity contribution >= 4 is 22.6 Å². The zero-order valence-corrected chi connectivity index (χ0v) is 15.9. The molecule has 0 spiro atoms. The molecule has 144 valence electrons. The Balaban J connectivity index is 1.88. The molecule has 5 rings (SSSR count). The van der Waals surface area contributed by atoms with Gasteiger partial charge in [-0.05, 0) is 48.7 Å². The topological polar surface area (TPSA) is 117 Å². The standard InChI is InChI=1S/C22H19N5O2/c1-10-7-12(8-11(2)20(10)28)18-14-9-24-22-17(14)16(19(21(23)29)26-27-22)13-5-3-4-6-15(13)25-18/h3-9,18,25,28H,1-2H3,(H2,23,29)(H,24,27). The molecular formula is C22H19N5O2. The monoisotopic (exact) mass is 385 g/mol. The van der Waals surface area contributed by atoms with Crippen molar-refractivity contribution in [2.75, 3.05) is 5.32 Å². The van der Waals surface area contributed by atoms with Crippen molar-refractivity contribution in [2.45, 2.75) is 19.9 Å². The Kier molecular flexibility index (Phi) is 3.61. The number of fused-ring (bicyclic) bond motifs is 2. The van der Waals surface area contributed by atoms with E-state index in [4.69, 9.17) is 5.73 Å². The summed E-state index contributed by atoms with van der Waals surface area (Å²) < 4.78 is 0. The molecular weight excluding hydrogens is 366 g/mol. The van der Waals surface area contributed by atoms with Crippen LogP contribution in [0.2, 0.25) is 0 Å². The van der Waals surface area contributed by atoms with Crippen molar-refractivity contribution in [3.8, 4) is 16.9 Å². The Morgan fingerprint density at radius 2 is 1.86 bits per heavy atom. The number of carbonyl (C=O) groups excluding carboxylic acids is 1. The molecule has 0 bridgehead atoms. The number of primary amides is 1. The van der Waals surface area contributed by atoms with Crippen molar-refractivity contribution < 1.29 is 9.90 Å². The fourth-order valence-electron chi connectivity index (χ4n) is 4.18. The number of rotatable bonds is 2. The van der Waals surface area contributed by atoms with Crippen LogP contribution in [0.5, 0.6) is 5.75 Å². The van der Waals surface area contributed by atoms with Gasteiger partial charge in [0.2, 0.25) is 0 Å². The van der Waals surface area contributed by atoms with Crippen LogP contribution in [0.25, 0.3) is 22.2 Å². The first-order valence-electron chi connectivity index (χ1n) is 9.29. The van der Waals surface area contributed by atoms with Gasteiger partial charge in [0.15, 0.2) is 11.3 Å². The second kappa shape index (κ2) is 6.07. The number of nitrogens with one attached hydrogen (secondary N) is 2. The lowest BCUT2D eigenvalue weighted by atomic mass is 9.93. The summed E-state index contributed by atoms with van der Waals surface area (Å²) in [5.74, 6) is -0.324. The van der Waals surface area contributed by atoms with Gasteiger partial charge in [-0.15, -0.1) is 10.2 Å². The number of hydrogen-bond donors (Lipinski definition) is 4. The Morgan fingerprint density at radius 1 is 1.14 bits per heavy atom. The summed E-state index contributed by atoms with van der Waals surface area (Å²) in [6.07, 6.45) is 1.88. The van der Waals surface area contributed by atoms with Crippen LogP contribution in [-0.2, 0) is 0 Å². The molecule has 5 N–H and O–H groups in total. The molecule has 0 saturated heterocycles. The SMILES string of the molecule is Cc1cc(C2Nc3ccccc3-c3c(C(N)=O)nnc4[nH]cc2c34)cc(C)c1O. The third kappa shape index (κ3) is 2.47. The Morgan fingerprint density at radius 3 is 2.59 bits per heavy atom. The third-order valence-electron chi connectivity index (χ3n) is 5.51. The van der Waals surface area contributed by atoms with Gasteiger partial charge >= 0.3 is 0 Å². The lowest BCUT2D eigenvalue weighted by Gasteiger charge is -2.21. The van der Waals surface area contributed by atoms with Crippen LogP contribution in [0.3, 0.4) is 0 Å². The van der Waals surface area contributed by atoms with Gasteiger partial charge in [-0.1, -0.05) is 18.2 Å². The van der Waals surface area contributed by atoms with E-state index in [-0.39, 0.29) is 11.7 Å². The second-order valence-electron chi connectivity index (χ2n) is 7.38. The van der Waals surface area contributed by atoms with Crippen molar-refractivity contribution in [1.29, 1.82) is 0 Å². The average Bonchev–Trinajstić information content (AvgIpc) is 3.06. The lowest BCUT2D eigenvalue weighted by molar-refractivity contribution is 0.0995. The number of nitrogens with two attached hydrogens (primary N) is 1. The predicted octanol–water partition coefficient (Wildman–Crippen LogP) is 3.56. The van der Waals surface area contributed by atoms with E-state index >= 15 is 0 Å². The first-order chi connectivity index (χ1) is 14.0. The smallest absolute Gasteiger partial charge is 0.269 e. The summed E-state index contributed by atoms with van der Waals surface area (Å²) in [4.78, 5) is 15.3. The summed E-state index contributed by atoms with van der Waals surface area (Å²) >= 11 is 0. The van der Waals surface area contributed by atoms with E-state index in [0.29, 0.717) is 17.0 Å². The van der Waals surface area contributed by atoms with Crippen molar-refractivity contribution in [3.63, 3.8) is 0 Å². The first-order valence-corrected chi connectivity index (χ1v) is 9.29. The minimum atomic E-state index is -0.619. The highest BCUT2D eigenvalue weighted by Gasteiger charge is 2.30. The van der Waals surface area contributed by atoms with E-state index in [1.54, 1.807) is 0 Å². The fourth-order valence-corrected chi connectivity index (χ4v) is 4.18. The number of aromatic amines is 1. The lowest BCUT2D eigenvalue weighted by Crippen LogP contribution is -2.15. The number of H-pyrrole nitrogens is 1. The van der Waals surface area contributed by atoms with Crippen LogP contribution in [0.4, 0.5) is 5.69 Å². The maximum Gasteiger partial charge on any atom is 0.269 e. The number of aromatic nitrogens is 3. The minimum Gasteiger partial charge on any atom is -0.507 e. The Bertz CT molecular complexity index is 1290. The van der Waals surface area contributed by atoms with Gasteiger partial charge in [0.1, 0.15) is 5.75 Å². The van der Waals surface area contributed by atoms with Gasteiger partial charge in [-0.3, -0.25) is 4.79 Å². The van der Waals surface area contributed by atoms with Crippen LogP contribution in [0.1, 0.15) is 38.8 Å². The van der Waals surface area contributed by atoms with Crippen LogP contribution < -0.4 is 11.1 Å². The number of aryl methyl sites for hydroxylation is 2. The van der Waals surface area contributed by atoms with Gasteiger partial charge in [-0.2, -0.15) is 0 Å². The first kappa shape index (κ1) is 17.2. The largest absolute Gasteiger partial charge is 0.507 e. The van der Waals surface area contributed by atoms with Gasteiger partial charge in [0.05, 0.1) is 6.04 Å². The summed E-state index contributed by atoms with van der Waals surface area (Å²) in [5, 5.41) is 22.9. The van der Waals surface area contributed by atoms with Crippen LogP contribution >= 0.6 is 0 Å². The number of phenolic OH excluding ortho intramolecular Hbond substituents is 1. The van der Waals surface area contributed by atoms with E-state index in [0.717, 1.165) is 38.9 Å². The molecule has 1 aliphatic rings. The van der Waals surface area contributed by atoms with Gasteiger partial charge < -0.3 is 21.1 Å². The van der Waals surface area contributed by atoms with E-state index in [1.165, 1.54) is 0 Å². The number of nitrogens with zero attached hydrogens (tertiary/aromatic N) is 2. The van der Waals surface area contributed by atoms with Crippen molar-refractivity contribution in [1.82, 2.24) is 15.2 Å². The number of carbonyl (C=O) groups is 1. The maximum absolute atomic E-state index is 12.1. The minimum absolute atomic E-state index is 0.145. The Hall–Kier alpha value is -3.87. The van der Waals surface area contributed by atoms with Crippen LogP contribution in [-0.4, -0.2) is 26.2 Å². The van der Waals surface area contributed by atoms with Crippen molar-refractivity contribution in [2.24, 2.45) is 5.73 Å². The zero-order chi connectivity index (χ0) is 20.3. The Labute approximate surface area is 166 Å². The number of amides is 1. The fraction of sp³-hybridized carbons (Fsp3) is 0.136. The molecule has 2 aromatic carbocycles. The number of aromatic hydroxyl groups is 1. The van der Waals surface area contributed by atoms with E-state index < -0.39 is 5.91 Å². The molecule has 3 heterocycles. The summed E-state index contributed by atoms with van der Waals surface area (Å²) in [6, 6.07) is 11.5. The molecule has 2 aromatic heterocycles. The van der Waals surface area contributed by atoms with E-state index in [2.05, 4.69) is 20.5 Å².